The summed E-state index contributed by atoms with van der Waals surface area (Å²) >= 11 is 0. The predicted molar refractivity (Wildman–Crippen MR) is 136 cm³/mol. The monoisotopic (exact) mass is 451 g/mol. The van der Waals surface area contributed by atoms with E-state index in [1.165, 1.54) is 31.2 Å². The van der Waals surface area contributed by atoms with Crippen LogP contribution in [-0.4, -0.2) is 45.8 Å². The average molecular weight is 452 g/mol. The van der Waals surface area contributed by atoms with Crippen LogP contribution in [0.1, 0.15) is 68.1 Å². The summed E-state index contributed by atoms with van der Waals surface area (Å²) in [4.78, 5) is 29.9. The van der Waals surface area contributed by atoms with Gasteiger partial charge in [0.25, 0.3) is 5.91 Å². The maximum atomic E-state index is 13.3. The highest BCUT2D eigenvalue weighted by molar-refractivity contribution is 5.96. The van der Waals surface area contributed by atoms with Gasteiger partial charge in [0.05, 0.1) is 6.54 Å². The predicted octanol–water partition coefficient (Wildman–Crippen LogP) is 5.46. The zero-order valence-corrected chi connectivity index (χ0v) is 20.9. The SMILES string of the molecule is C=CCN(CC(=O)N(Cc1cccn1C)CC(C)C)C(=O)c1ccc(CCCCCC)cc1. The normalized spacial score (nSPS) is 10.9. The van der Waals surface area contributed by atoms with E-state index in [-0.39, 0.29) is 18.4 Å². The number of nitrogens with zero attached hydrogens (tertiary/aromatic N) is 3. The molecule has 0 aliphatic heterocycles. The van der Waals surface area contributed by atoms with Crippen LogP contribution in [0.4, 0.5) is 0 Å². The molecule has 0 radical (unpaired) electrons. The Hall–Kier alpha value is -2.82. The fraction of sp³-hybridized carbons (Fsp3) is 0.500. The van der Waals surface area contributed by atoms with Crippen LogP contribution < -0.4 is 0 Å². The molecule has 0 saturated carbocycles. The van der Waals surface area contributed by atoms with Gasteiger partial charge in [-0.1, -0.05) is 58.2 Å². The van der Waals surface area contributed by atoms with E-state index in [0.717, 1.165) is 12.1 Å². The molecule has 0 spiro atoms. The largest absolute Gasteiger partial charge is 0.353 e. The molecule has 2 rings (SSSR count). The maximum absolute atomic E-state index is 13.3. The van der Waals surface area contributed by atoms with E-state index in [4.69, 9.17) is 0 Å². The highest BCUT2D eigenvalue weighted by Gasteiger charge is 2.23. The summed E-state index contributed by atoms with van der Waals surface area (Å²) in [7, 11) is 1.98. The second kappa shape index (κ2) is 13.7. The van der Waals surface area contributed by atoms with Crippen molar-refractivity contribution < 1.29 is 9.59 Å². The first-order chi connectivity index (χ1) is 15.8. The number of rotatable bonds is 14. The molecule has 1 aromatic heterocycles. The number of hydrogen-bond donors (Lipinski definition) is 0. The van der Waals surface area contributed by atoms with Crippen molar-refractivity contribution >= 4 is 11.8 Å². The summed E-state index contributed by atoms with van der Waals surface area (Å²) < 4.78 is 2.02. The third kappa shape index (κ3) is 8.56. The van der Waals surface area contributed by atoms with Crippen molar-refractivity contribution in [2.24, 2.45) is 13.0 Å². The Labute approximate surface area is 200 Å². The van der Waals surface area contributed by atoms with Gasteiger partial charge in [-0.2, -0.15) is 0 Å². The fourth-order valence-corrected chi connectivity index (χ4v) is 3.94. The van der Waals surface area contributed by atoms with Crippen LogP contribution in [-0.2, 0) is 24.8 Å². The quantitative estimate of drug-likeness (QED) is 0.283. The van der Waals surface area contributed by atoms with Crippen LogP contribution in [0, 0.1) is 5.92 Å². The average Bonchev–Trinajstić information content (AvgIpc) is 3.20. The van der Waals surface area contributed by atoms with Crippen molar-refractivity contribution in [3.8, 4) is 0 Å². The summed E-state index contributed by atoms with van der Waals surface area (Å²) in [5.74, 6) is 0.152. The summed E-state index contributed by atoms with van der Waals surface area (Å²) in [6.07, 6.45) is 9.59. The molecule has 0 fully saturated rings. The first-order valence-corrected chi connectivity index (χ1v) is 12.2. The zero-order chi connectivity index (χ0) is 24.2. The Balaban J connectivity index is 2.07. The molecule has 1 aromatic carbocycles. The molecule has 2 aromatic rings. The van der Waals surface area contributed by atoms with Gasteiger partial charge in [-0.3, -0.25) is 9.59 Å². The molecule has 5 heteroatoms. The lowest BCUT2D eigenvalue weighted by Gasteiger charge is -2.28. The lowest BCUT2D eigenvalue weighted by molar-refractivity contribution is -0.133. The number of aromatic nitrogens is 1. The molecule has 0 aliphatic rings. The van der Waals surface area contributed by atoms with Crippen LogP contribution in [0.3, 0.4) is 0 Å². The number of unbranched alkanes of at least 4 members (excludes halogenated alkanes) is 3. The molecule has 180 valence electrons. The molecule has 0 saturated heterocycles. The Morgan fingerprint density at radius 3 is 2.36 bits per heavy atom. The topological polar surface area (TPSA) is 45.6 Å². The smallest absolute Gasteiger partial charge is 0.254 e. The lowest BCUT2D eigenvalue weighted by Crippen LogP contribution is -2.44. The van der Waals surface area contributed by atoms with Crippen LogP contribution in [0.2, 0.25) is 0 Å². The molecule has 0 aliphatic carbocycles. The van der Waals surface area contributed by atoms with Gasteiger partial charge in [0.1, 0.15) is 6.54 Å². The second-order valence-electron chi connectivity index (χ2n) is 9.26. The standard InChI is InChI=1S/C28H41N3O2/c1-6-8-9-10-12-24-14-16-25(17-15-24)28(33)30(18-7-2)22-27(32)31(20-23(3)4)21-26-13-11-19-29(26)5/h7,11,13-17,19,23H,2,6,8-10,12,18,20-22H2,1,3-5H3. The first kappa shape index (κ1) is 26.4. The van der Waals surface area contributed by atoms with E-state index < -0.39 is 0 Å². The number of carbonyl (C=O) groups excluding carboxylic acids is 2. The third-order valence-corrected chi connectivity index (χ3v) is 5.83. The van der Waals surface area contributed by atoms with Crippen LogP contribution in [0.25, 0.3) is 0 Å². The molecule has 0 bridgehead atoms. The van der Waals surface area contributed by atoms with Gasteiger partial charge >= 0.3 is 0 Å². The van der Waals surface area contributed by atoms with Crippen LogP contribution >= 0.6 is 0 Å². The molecular formula is C28H41N3O2. The second-order valence-corrected chi connectivity index (χ2v) is 9.26. The van der Waals surface area contributed by atoms with Gasteiger partial charge in [0.2, 0.25) is 5.91 Å². The van der Waals surface area contributed by atoms with E-state index in [2.05, 4.69) is 27.4 Å². The van der Waals surface area contributed by atoms with E-state index in [0.29, 0.717) is 31.1 Å². The minimum absolute atomic E-state index is 0.0424. The molecule has 33 heavy (non-hydrogen) atoms. The van der Waals surface area contributed by atoms with Crippen molar-refractivity contribution in [2.45, 2.75) is 59.4 Å². The van der Waals surface area contributed by atoms with Crippen molar-refractivity contribution in [3.63, 3.8) is 0 Å². The molecule has 2 amide bonds. The van der Waals surface area contributed by atoms with E-state index >= 15 is 0 Å². The van der Waals surface area contributed by atoms with Crippen LogP contribution in [0.5, 0.6) is 0 Å². The lowest BCUT2D eigenvalue weighted by atomic mass is 10.0. The highest BCUT2D eigenvalue weighted by atomic mass is 16.2. The molecule has 5 nitrogen and oxygen atoms in total. The summed E-state index contributed by atoms with van der Waals surface area (Å²) in [5, 5.41) is 0. The van der Waals surface area contributed by atoms with Crippen LogP contribution in [0.15, 0.2) is 55.3 Å². The van der Waals surface area contributed by atoms with Crippen molar-refractivity contribution in [1.82, 2.24) is 14.4 Å². The van der Waals surface area contributed by atoms with Gasteiger partial charge in [-0.05, 0) is 48.6 Å². The van der Waals surface area contributed by atoms with Gasteiger partial charge in [0, 0.05) is 37.6 Å². The van der Waals surface area contributed by atoms with Crippen molar-refractivity contribution in [1.29, 1.82) is 0 Å². The minimum Gasteiger partial charge on any atom is -0.353 e. The Morgan fingerprint density at radius 1 is 1.06 bits per heavy atom. The number of benzene rings is 1. The Morgan fingerprint density at radius 2 is 1.79 bits per heavy atom. The maximum Gasteiger partial charge on any atom is 0.254 e. The Kier molecular flexibility index (Phi) is 10.9. The molecule has 0 atom stereocenters. The van der Waals surface area contributed by atoms with Gasteiger partial charge < -0.3 is 14.4 Å². The van der Waals surface area contributed by atoms with Crippen molar-refractivity contribution in [3.05, 3.63) is 72.1 Å². The summed E-state index contributed by atoms with van der Waals surface area (Å²) in [6, 6.07) is 11.8. The summed E-state index contributed by atoms with van der Waals surface area (Å²) in [6.45, 7) is 11.8. The molecule has 0 unspecified atom stereocenters. The molecule has 0 N–H and O–H groups in total. The van der Waals surface area contributed by atoms with E-state index in [1.807, 2.05) is 59.1 Å². The van der Waals surface area contributed by atoms with E-state index in [9.17, 15) is 9.59 Å². The number of amides is 2. The number of aryl methyl sites for hydroxylation is 2. The highest BCUT2D eigenvalue weighted by Crippen LogP contribution is 2.13. The van der Waals surface area contributed by atoms with E-state index in [1.54, 1.807) is 11.0 Å². The molecule has 1 heterocycles. The summed E-state index contributed by atoms with van der Waals surface area (Å²) in [5.41, 5.74) is 2.93. The number of hydrogen-bond acceptors (Lipinski definition) is 2. The Bertz CT molecular complexity index is 883. The van der Waals surface area contributed by atoms with Gasteiger partial charge in [0.15, 0.2) is 0 Å². The van der Waals surface area contributed by atoms with Gasteiger partial charge in [-0.15, -0.1) is 6.58 Å². The minimum atomic E-state index is -0.135. The fourth-order valence-electron chi connectivity index (χ4n) is 3.94. The van der Waals surface area contributed by atoms with Gasteiger partial charge in [-0.25, -0.2) is 0 Å². The number of carbonyl (C=O) groups is 2. The first-order valence-electron chi connectivity index (χ1n) is 12.2. The molecular weight excluding hydrogens is 410 g/mol. The van der Waals surface area contributed by atoms with Crippen molar-refractivity contribution in [2.75, 3.05) is 19.6 Å². The zero-order valence-electron chi connectivity index (χ0n) is 20.9. The third-order valence-electron chi connectivity index (χ3n) is 5.83.